The van der Waals surface area contributed by atoms with Gasteiger partial charge in [-0.05, 0) is 36.4 Å². The smallest absolute Gasteiger partial charge is 0.283 e. The summed E-state index contributed by atoms with van der Waals surface area (Å²) < 4.78 is 8.59. The first-order valence-corrected chi connectivity index (χ1v) is 10.6. The number of benzene rings is 3. The van der Waals surface area contributed by atoms with Crippen LogP contribution in [0, 0.1) is 0 Å². The maximum absolute atomic E-state index is 13.1. The molecule has 150 valence electrons. The fourth-order valence-electron chi connectivity index (χ4n) is 3.01. The number of nitrogens with zero attached hydrogens (tertiary/aromatic N) is 2. The van der Waals surface area contributed by atoms with Gasteiger partial charge >= 0.3 is 0 Å². The van der Waals surface area contributed by atoms with Gasteiger partial charge in [0.15, 0.2) is 4.80 Å². The molecule has 0 aliphatic heterocycles. The maximum Gasteiger partial charge on any atom is 0.283 e. The zero-order valence-corrected chi connectivity index (χ0v) is 18.0. The van der Waals surface area contributed by atoms with Crippen LogP contribution in [0.3, 0.4) is 0 Å². The SMILES string of the molecule is C=CCn1c(=NC(=O)c2ccccc2Oc2ccccc2)sc2cc(Cl)cc(Cl)c21. The van der Waals surface area contributed by atoms with Crippen LogP contribution in [-0.4, -0.2) is 10.5 Å². The zero-order chi connectivity index (χ0) is 21.1. The van der Waals surface area contributed by atoms with Crippen LogP contribution in [0.25, 0.3) is 10.2 Å². The predicted molar refractivity (Wildman–Crippen MR) is 123 cm³/mol. The quantitative estimate of drug-likeness (QED) is 0.313. The van der Waals surface area contributed by atoms with Crippen molar-refractivity contribution >= 4 is 50.7 Å². The Morgan fingerprint density at radius 2 is 1.83 bits per heavy atom. The van der Waals surface area contributed by atoms with Crippen LogP contribution in [0.1, 0.15) is 10.4 Å². The second-order valence-electron chi connectivity index (χ2n) is 6.35. The van der Waals surface area contributed by atoms with Crippen molar-refractivity contribution in [3.05, 3.63) is 99.8 Å². The lowest BCUT2D eigenvalue weighted by Gasteiger charge is -2.08. The van der Waals surface area contributed by atoms with E-state index in [4.69, 9.17) is 27.9 Å². The molecule has 4 rings (SSSR count). The van der Waals surface area contributed by atoms with Gasteiger partial charge in [-0.1, -0.05) is 70.9 Å². The minimum Gasteiger partial charge on any atom is -0.457 e. The average molecular weight is 455 g/mol. The van der Waals surface area contributed by atoms with Crippen molar-refractivity contribution in [2.45, 2.75) is 6.54 Å². The Bertz CT molecular complexity index is 1310. The normalized spacial score (nSPS) is 11.6. The van der Waals surface area contributed by atoms with E-state index in [-0.39, 0.29) is 0 Å². The van der Waals surface area contributed by atoms with Crippen LogP contribution < -0.4 is 9.54 Å². The first kappa shape index (κ1) is 20.4. The maximum atomic E-state index is 13.1. The molecule has 0 aliphatic rings. The third kappa shape index (κ3) is 4.19. The van der Waals surface area contributed by atoms with E-state index in [0.717, 1.165) is 10.2 Å². The van der Waals surface area contributed by atoms with Crippen molar-refractivity contribution in [3.8, 4) is 11.5 Å². The van der Waals surface area contributed by atoms with Crippen LogP contribution in [0.4, 0.5) is 0 Å². The zero-order valence-electron chi connectivity index (χ0n) is 15.7. The summed E-state index contributed by atoms with van der Waals surface area (Å²) in [6, 6.07) is 19.8. The van der Waals surface area contributed by atoms with E-state index in [9.17, 15) is 4.79 Å². The minimum atomic E-state index is -0.409. The number of hydrogen-bond donors (Lipinski definition) is 0. The van der Waals surface area contributed by atoms with Gasteiger partial charge in [0, 0.05) is 11.6 Å². The monoisotopic (exact) mass is 454 g/mol. The predicted octanol–water partition coefficient (Wildman–Crippen LogP) is 6.73. The fraction of sp³-hybridized carbons (Fsp3) is 0.0435. The molecule has 0 spiro atoms. The van der Waals surface area contributed by atoms with Crippen LogP contribution in [0.15, 0.2) is 84.4 Å². The number of carbonyl (C=O) groups is 1. The summed E-state index contributed by atoms with van der Waals surface area (Å²) in [6.07, 6.45) is 1.73. The number of amides is 1. The number of carbonyl (C=O) groups excluding carboxylic acids is 1. The Hall–Kier alpha value is -2.86. The Morgan fingerprint density at radius 3 is 2.60 bits per heavy atom. The van der Waals surface area contributed by atoms with E-state index in [2.05, 4.69) is 11.6 Å². The van der Waals surface area contributed by atoms with Gasteiger partial charge in [-0.15, -0.1) is 6.58 Å². The highest BCUT2D eigenvalue weighted by atomic mass is 35.5. The molecule has 30 heavy (non-hydrogen) atoms. The van der Waals surface area contributed by atoms with E-state index in [0.29, 0.717) is 38.5 Å². The Kier molecular flexibility index (Phi) is 6.04. The summed E-state index contributed by atoms with van der Waals surface area (Å²) in [5.41, 5.74) is 1.14. The molecule has 4 nitrogen and oxygen atoms in total. The van der Waals surface area contributed by atoms with Crippen molar-refractivity contribution in [3.63, 3.8) is 0 Å². The number of allylic oxidation sites excluding steroid dienone is 1. The Labute approximate surface area is 187 Å². The number of fused-ring (bicyclic) bond motifs is 1. The number of hydrogen-bond acceptors (Lipinski definition) is 3. The molecule has 3 aromatic carbocycles. The van der Waals surface area contributed by atoms with Crippen LogP contribution >= 0.6 is 34.5 Å². The molecule has 0 fully saturated rings. The summed E-state index contributed by atoms with van der Waals surface area (Å²) in [5, 5.41) is 1.02. The lowest BCUT2D eigenvalue weighted by Crippen LogP contribution is -2.16. The van der Waals surface area contributed by atoms with Crippen molar-refractivity contribution in [2.24, 2.45) is 4.99 Å². The van der Waals surface area contributed by atoms with Gasteiger partial charge in [-0.3, -0.25) is 4.79 Å². The van der Waals surface area contributed by atoms with E-state index < -0.39 is 5.91 Å². The second-order valence-corrected chi connectivity index (χ2v) is 8.20. The highest BCUT2D eigenvalue weighted by Crippen LogP contribution is 2.30. The van der Waals surface area contributed by atoms with Crippen molar-refractivity contribution in [1.82, 2.24) is 4.57 Å². The number of rotatable bonds is 5. The van der Waals surface area contributed by atoms with E-state index in [1.165, 1.54) is 11.3 Å². The first-order chi connectivity index (χ1) is 14.6. The lowest BCUT2D eigenvalue weighted by molar-refractivity contribution is 0.0995. The molecule has 1 amide bonds. The molecule has 0 saturated heterocycles. The molecule has 0 radical (unpaired) electrons. The minimum absolute atomic E-state index is 0.369. The van der Waals surface area contributed by atoms with Crippen molar-refractivity contribution < 1.29 is 9.53 Å². The van der Waals surface area contributed by atoms with E-state index in [1.807, 2.05) is 47.0 Å². The number of para-hydroxylation sites is 2. The van der Waals surface area contributed by atoms with Gasteiger partial charge in [-0.25, -0.2) is 0 Å². The topological polar surface area (TPSA) is 43.6 Å². The Balaban J connectivity index is 1.80. The van der Waals surface area contributed by atoms with Crippen LogP contribution in [0.5, 0.6) is 11.5 Å². The summed E-state index contributed by atoms with van der Waals surface area (Å²) in [7, 11) is 0. The first-order valence-electron chi connectivity index (χ1n) is 9.07. The molecule has 0 N–H and O–H groups in total. The summed E-state index contributed by atoms with van der Waals surface area (Å²) in [5.74, 6) is 0.672. The third-order valence-corrected chi connectivity index (χ3v) is 5.82. The molecular weight excluding hydrogens is 439 g/mol. The molecule has 7 heteroatoms. The molecular formula is C23H16Cl2N2O2S. The van der Waals surface area contributed by atoms with Crippen LogP contribution in [0.2, 0.25) is 10.0 Å². The largest absolute Gasteiger partial charge is 0.457 e. The van der Waals surface area contributed by atoms with Gasteiger partial charge in [0.25, 0.3) is 5.91 Å². The molecule has 0 saturated carbocycles. The lowest BCUT2D eigenvalue weighted by atomic mass is 10.2. The highest BCUT2D eigenvalue weighted by Gasteiger charge is 2.15. The molecule has 0 atom stereocenters. The number of thiazole rings is 1. The van der Waals surface area contributed by atoms with Gasteiger partial charge in [0.1, 0.15) is 11.5 Å². The summed E-state index contributed by atoms with van der Waals surface area (Å²) in [6.45, 7) is 4.25. The number of aromatic nitrogens is 1. The molecule has 0 unspecified atom stereocenters. The molecule has 0 aliphatic carbocycles. The molecule has 4 aromatic rings. The van der Waals surface area contributed by atoms with Crippen LogP contribution in [-0.2, 0) is 6.54 Å². The van der Waals surface area contributed by atoms with Gasteiger partial charge in [-0.2, -0.15) is 4.99 Å². The fourth-order valence-corrected chi connectivity index (χ4v) is 4.83. The number of ether oxygens (including phenoxy) is 1. The highest BCUT2D eigenvalue weighted by molar-refractivity contribution is 7.16. The average Bonchev–Trinajstić information content (AvgIpc) is 3.06. The molecule has 0 bridgehead atoms. The number of halogens is 2. The van der Waals surface area contributed by atoms with E-state index in [1.54, 1.807) is 30.3 Å². The van der Waals surface area contributed by atoms with Gasteiger partial charge < -0.3 is 9.30 Å². The van der Waals surface area contributed by atoms with Gasteiger partial charge in [0.2, 0.25) is 0 Å². The van der Waals surface area contributed by atoms with Crippen molar-refractivity contribution in [2.75, 3.05) is 0 Å². The summed E-state index contributed by atoms with van der Waals surface area (Å²) in [4.78, 5) is 18.0. The second kappa shape index (κ2) is 8.88. The standard InChI is InChI=1S/C23H16Cl2N2O2S/c1-2-12-27-21-18(25)13-15(24)14-20(21)30-23(27)26-22(28)17-10-6-7-11-19(17)29-16-8-4-3-5-9-16/h2-11,13-14H,1,12H2. The summed E-state index contributed by atoms with van der Waals surface area (Å²) >= 11 is 13.9. The van der Waals surface area contributed by atoms with Crippen molar-refractivity contribution in [1.29, 1.82) is 0 Å². The third-order valence-electron chi connectivity index (χ3n) is 4.29. The van der Waals surface area contributed by atoms with Gasteiger partial charge in [0.05, 0.1) is 20.8 Å². The van der Waals surface area contributed by atoms with E-state index >= 15 is 0 Å². The molecule has 1 heterocycles. The molecule has 1 aromatic heterocycles. The Morgan fingerprint density at radius 1 is 1.10 bits per heavy atom.